The Kier molecular flexibility index (Phi) is 4.87. The van der Waals surface area contributed by atoms with E-state index in [0.717, 1.165) is 5.56 Å². The number of methoxy groups -OCH3 is 1. The van der Waals surface area contributed by atoms with Crippen LogP contribution in [0.15, 0.2) is 62.9 Å². The number of amides is 1. The second-order valence-corrected chi connectivity index (χ2v) is 7.39. The average molecular weight is 387 g/mol. The zero-order valence-electron chi connectivity index (χ0n) is 14.6. The number of benzene rings is 2. The molecule has 0 aliphatic heterocycles. The van der Waals surface area contributed by atoms with Gasteiger partial charge in [0.1, 0.15) is 5.56 Å². The Morgan fingerprint density at radius 1 is 1.19 bits per heavy atom. The van der Waals surface area contributed by atoms with Crippen molar-refractivity contribution in [2.75, 3.05) is 7.11 Å². The van der Waals surface area contributed by atoms with Crippen molar-refractivity contribution in [1.82, 2.24) is 4.83 Å². The third-order valence-corrected chi connectivity index (χ3v) is 5.05. The summed E-state index contributed by atoms with van der Waals surface area (Å²) in [6, 6.07) is 12.8. The predicted octanol–water partition coefficient (Wildman–Crippen LogP) is 1.64. The molecule has 0 spiro atoms. The van der Waals surface area contributed by atoms with Crippen molar-refractivity contribution in [1.29, 1.82) is 0 Å². The predicted molar refractivity (Wildman–Crippen MR) is 98.3 cm³/mol. The zero-order chi connectivity index (χ0) is 19.6. The number of rotatable bonds is 5. The van der Waals surface area contributed by atoms with E-state index in [-0.39, 0.29) is 16.0 Å². The lowest BCUT2D eigenvalue weighted by atomic mass is 10.1. The lowest BCUT2D eigenvalue weighted by Crippen LogP contribution is -2.27. The Morgan fingerprint density at radius 3 is 2.52 bits per heavy atom. The van der Waals surface area contributed by atoms with Gasteiger partial charge >= 0.3 is 0 Å². The van der Waals surface area contributed by atoms with E-state index in [2.05, 4.69) is 9.93 Å². The van der Waals surface area contributed by atoms with Crippen molar-refractivity contribution < 1.29 is 22.4 Å². The van der Waals surface area contributed by atoms with Gasteiger partial charge in [0.25, 0.3) is 15.9 Å². The van der Waals surface area contributed by atoms with Gasteiger partial charge in [-0.3, -0.25) is 4.79 Å². The smallest absolute Gasteiger partial charge is 0.276 e. The summed E-state index contributed by atoms with van der Waals surface area (Å²) in [7, 11) is -2.49. The molecule has 1 aromatic heterocycles. The van der Waals surface area contributed by atoms with E-state index in [0.29, 0.717) is 16.7 Å². The summed E-state index contributed by atoms with van der Waals surface area (Å²) in [5, 5.41) is 4.32. The van der Waals surface area contributed by atoms with Crippen LogP contribution in [0.5, 0.6) is 5.75 Å². The van der Waals surface area contributed by atoms with E-state index in [4.69, 9.17) is 14.9 Å². The molecule has 27 heavy (non-hydrogen) atoms. The summed E-state index contributed by atoms with van der Waals surface area (Å²) in [5.41, 5.74) is 6.26. The lowest BCUT2D eigenvalue weighted by Gasteiger charge is -2.07. The summed E-state index contributed by atoms with van der Waals surface area (Å²) < 4.78 is 35.6. The van der Waals surface area contributed by atoms with Crippen LogP contribution in [0.2, 0.25) is 0 Å². The zero-order valence-corrected chi connectivity index (χ0v) is 15.4. The van der Waals surface area contributed by atoms with Crippen molar-refractivity contribution in [2.45, 2.75) is 11.8 Å². The molecule has 2 aromatic carbocycles. The molecule has 8 nitrogen and oxygen atoms in total. The van der Waals surface area contributed by atoms with Gasteiger partial charge in [0.05, 0.1) is 12.0 Å². The second-order valence-electron chi connectivity index (χ2n) is 5.73. The van der Waals surface area contributed by atoms with Gasteiger partial charge in [-0.2, -0.15) is 13.2 Å². The van der Waals surface area contributed by atoms with Gasteiger partial charge in [-0.1, -0.05) is 29.8 Å². The first-order valence-electron chi connectivity index (χ1n) is 7.84. The van der Waals surface area contributed by atoms with E-state index in [9.17, 15) is 13.2 Å². The number of fused-ring (bicyclic) bond motifs is 1. The van der Waals surface area contributed by atoms with Gasteiger partial charge in [0.2, 0.25) is 5.55 Å². The standard InChI is InChI=1S/C18H17N3O5S/c1-11-6-8-13(9-7-11)27(23,24)21-20-18-14(17(19)22)10-12-4-3-5-15(25-2)16(12)26-18/h3-10,21H,1-2H3,(H2,19,22). The number of hydrogen-bond acceptors (Lipinski definition) is 6. The van der Waals surface area contributed by atoms with E-state index in [1.54, 1.807) is 30.3 Å². The highest BCUT2D eigenvalue weighted by Crippen LogP contribution is 2.24. The summed E-state index contributed by atoms with van der Waals surface area (Å²) in [4.78, 5) is 13.8. The van der Waals surface area contributed by atoms with E-state index in [1.807, 2.05) is 6.92 Å². The van der Waals surface area contributed by atoms with Crippen LogP contribution in [-0.4, -0.2) is 21.4 Å². The second kappa shape index (κ2) is 7.12. The SMILES string of the molecule is COc1cccc2cc(C(N)=O)c(=NNS(=O)(=O)c3ccc(C)cc3)oc12. The third-order valence-electron chi connectivity index (χ3n) is 3.82. The number of carbonyl (C=O) groups excluding carboxylic acids is 1. The van der Waals surface area contributed by atoms with Gasteiger partial charge in [-0.15, -0.1) is 5.10 Å². The monoisotopic (exact) mass is 387 g/mol. The minimum Gasteiger partial charge on any atom is -0.493 e. The van der Waals surface area contributed by atoms with Crippen LogP contribution >= 0.6 is 0 Å². The number of sulfonamides is 1. The molecule has 0 saturated heterocycles. The quantitative estimate of drug-likeness (QED) is 0.644. The van der Waals surface area contributed by atoms with E-state index < -0.39 is 15.9 Å². The molecule has 140 valence electrons. The highest BCUT2D eigenvalue weighted by Gasteiger charge is 2.15. The largest absolute Gasteiger partial charge is 0.493 e. The fraction of sp³-hybridized carbons (Fsp3) is 0.111. The molecule has 0 aliphatic carbocycles. The molecule has 0 fully saturated rings. The van der Waals surface area contributed by atoms with Gasteiger partial charge in [-0.25, -0.2) is 0 Å². The van der Waals surface area contributed by atoms with Gasteiger partial charge < -0.3 is 14.9 Å². The first kappa shape index (κ1) is 18.5. The van der Waals surface area contributed by atoms with Crippen molar-refractivity contribution >= 4 is 26.9 Å². The Bertz CT molecular complexity index is 1180. The maximum absolute atomic E-state index is 12.4. The van der Waals surface area contributed by atoms with Crippen molar-refractivity contribution in [3.05, 3.63) is 65.2 Å². The summed E-state index contributed by atoms with van der Waals surface area (Å²) in [5.74, 6) is -0.405. The Morgan fingerprint density at radius 2 is 1.89 bits per heavy atom. The van der Waals surface area contributed by atoms with Crippen molar-refractivity contribution in [3.8, 4) is 5.75 Å². The first-order chi connectivity index (χ1) is 12.8. The Hall–Kier alpha value is -3.33. The van der Waals surface area contributed by atoms with Crippen LogP contribution in [-0.2, 0) is 10.0 Å². The highest BCUT2D eigenvalue weighted by atomic mass is 32.2. The van der Waals surface area contributed by atoms with Gasteiger partial charge in [-0.05, 0) is 31.2 Å². The summed E-state index contributed by atoms with van der Waals surface area (Å²) in [6.45, 7) is 1.84. The number of carbonyl (C=O) groups is 1. The number of para-hydroxylation sites is 1. The Balaban J connectivity index is 2.12. The van der Waals surface area contributed by atoms with Crippen LogP contribution in [0.25, 0.3) is 11.0 Å². The normalized spacial score (nSPS) is 12.1. The molecule has 0 unspecified atom stereocenters. The minimum atomic E-state index is -3.95. The molecular weight excluding hydrogens is 370 g/mol. The number of nitrogens with one attached hydrogen (secondary N) is 1. The van der Waals surface area contributed by atoms with Crippen molar-refractivity contribution in [2.24, 2.45) is 10.8 Å². The lowest BCUT2D eigenvalue weighted by molar-refractivity contribution is 0.0996. The van der Waals surface area contributed by atoms with Crippen LogP contribution in [0.1, 0.15) is 15.9 Å². The molecule has 3 rings (SSSR count). The fourth-order valence-electron chi connectivity index (χ4n) is 2.42. The molecule has 0 aliphatic rings. The molecule has 3 N–H and O–H groups in total. The molecule has 0 radical (unpaired) electrons. The third kappa shape index (κ3) is 3.77. The maximum atomic E-state index is 12.4. The maximum Gasteiger partial charge on any atom is 0.276 e. The van der Waals surface area contributed by atoms with Crippen LogP contribution in [0.3, 0.4) is 0 Å². The number of primary amides is 1. The summed E-state index contributed by atoms with van der Waals surface area (Å²) in [6.07, 6.45) is 0. The van der Waals surface area contributed by atoms with Crippen molar-refractivity contribution in [3.63, 3.8) is 0 Å². The van der Waals surface area contributed by atoms with Crippen LogP contribution in [0.4, 0.5) is 0 Å². The van der Waals surface area contributed by atoms with Crippen LogP contribution < -0.4 is 20.9 Å². The number of hydrogen-bond donors (Lipinski definition) is 2. The first-order valence-corrected chi connectivity index (χ1v) is 9.33. The average Bonchev–Trinajstić information content (AvgIpc) is 2.65. The van der Waals surface area contributed by atoms with E-state index in [1.165, 1.54) is 25.3 Å². The number of nitrogens with two attached hydrogens (primary N) is 1. The molecule has 1 amide bonds. The molecule has 1 heterocycles. The minimum absolute atomic E-state index is 0.0239. The molecule has 0 bridgehead atoms. The van der Waals surface area contributed by atoms with Gasteiger partial charge in [0, 0.05) is 5.39 Å². The molecule has 0 saturated carbocycles. The molecule has 3 aromatic rings. The fourth-order valence-corrected chi connectivity index (χ4v) is 3.22. The number of nitrogens with zero attached hydrogens (tertiary/aromatic N) is 1. The Labute approximate surface area is 155 Å². The molecule has 0 atom stereocenters. The van der Waals surface area contributed by atoms with E-state index >= 15 is 0 Å². The topological polar surface area (TPSA) is 124 Å². The molecular formula is C18H17N3O5S. The van der Waals surface area contributed by atoms with Gasteiger partial charge in [0.15, 0.2) is 11.3 Å². The number of ether oxygens (including phenoxy) is 1. The number of aryl methyl sites for hydroxylation is 1. The summed E-state index contributed by atoms with van der Waals surface area (Å²) >= 11 is 0. The molecule has 9 heteroatoms. The highest BCUT2D eigenvalue weighted by molar-refractivity contribution is 7.89. The van der Waals surface area contributed by atoms with Crippen LogP contribution in [0, 0.1) is 6.92 Å².